The molecule has 2 aliphatic heterocycles. The summed E-state index contributed by atoms with van der Waals surface area (Å²) in [6, 6.07) is 8.12. The van der Waals surface area contributed by atoms with Crippen LogP contribution >= 0.6 is 0 Å². The summed E-state index contributed by atoms with van der Waals surface area (Å²) >= 11 is 0. The van der Waals surface area contributed by atoms with Gasteiger partial charge >= 0.3 is 6.09 Å². The number of hydrogen-bond acceptors (Lipinski definition) is 2. The number of rotatable bonds is 4. The van der Waals surface area contributed by atoms with Gasteiger partial charge in [0.25, 0.3) is 0 Å². The molecule has 0 N–H and O–H groups in total. The second-order valence-corrected chi connectivity index (χ2v) is 9.50. The van der Waals surface area contributed by atoms with Crippen LogP contribution in [0.3, 0.4) is 0 Å². The van der Waals surface area contributed by atoms with Crippen LogP contribution in [-0.2, 0) is 11.3 Å². The van der Waals surface area contributed by atoms with Gasteiger partial charge in [0, 0.05) is 37.3 Å². The summed E-state index contributed by atoms with van der Waals surface area (Å²) in [5, 5.41) is 0. The molecule has 4 nitrogen and oxygen atoms in total. The first-order valence-electron chi connectivity index (χ1n) is 11.0. The second-order valence-electron chi connectivity index (χ2n) is 9.50. The molecule has 2 saturated heterocycles. The summed E-state index contributed by atoms with van der Waals surface area (Å²) < 4.78 is 21.4. The number of carbonyl (C=O) groups excluding carboxylic acids is 1. The summed E-state index contributed by atoms with van der Waals surface area (Å²) in [4.78, 5) is 15.0. The Balaban J connectivity index is 1.46. The first-order valence-corrected chi connectivity index (χ1v) is 11.0. The van der Waals surface area contributed by atoms with E-state index in [4.69, 9.17) is 4.74 Å². The topological polar surface area (TPSA) is 29.5 Å². The molecule has 2 bridgehead atoms. The average Bonchev–Trinajstić information content (AvgIpc) is 2.85. The predicted molar refractivity (Wildman–Crippen MR) is 107 cm³/mol. The highest BCUT2D eigenvalue weighted by Gasteiger charge is 2.50. The second kappa shape index (κ2) is 8.02. The molecule has 3 fully saturated rings. The van der Waals surface area contributed by atoms with Crippen molar-refractivity contribution in [3.8, 4) is 0 Å². The van der Waals surface area contributed by atoms with E-state index in [-0.39, 0.29) is 24.1 Å². The highest BCUT2D eigenvalue weighted by molar-refractivity contribution is 5.68. The van der Waals surface area contributed by atoms with E-state index >= 15 is 0 Å². The largest absolute Gasteiger partial charge is 0.446 e. The molecule has 1 saturated carbocycles. The van der Waals surface area contributed by atoms with Crippen molar-refractivity contribution in [2.75, 3.05) is 14.1 Å². The van der Waals surface area contributed by atoms with Crippen LogP contribution in [0.5, 0.6) is 0 Å². The number of amides is 1. The minimum atomic E-state index is -0.245. The third-order valence-corrected chi connectivity index (χ3v) is 7.60. The monoisotopic (exact) mass is 389 g/mol. The number of quaternary nitrogens is 1. The van der Waals surface area contributed by atoms with Gasteiger partial charge in [0.1, 0.15) is 11.9 Å². The zero-order chi connectivity index (χ0) is 19.7. The Hall–Kier alpha value is -1.62. The van der Waals surface area contributed by atoms with Crippen LogP contribution in [0.2, 0.25) is 0 Å². The molecule has 1 aliphatic carbocycles. The van der Waals surface area contributed by atoms with Crippen LogP contribution in [0.1, 0.15) is 63.4 Å². The van der Waals surface area contributed by atoms with Gasteiger partial charge in [-0.15, -0.1) is 0 Å². The summed E-state index contributed by atoms with van der Waals surface area (Å²) in [6.45, 7) is 0.303. The van der Waals surface area contributed by atoms with Gasteiger partial charge in [-0.3, -0.25) is 0 Å². The third kappa shape index (κ3) is 3.91. The number of piperidine rings is 1. The van der Waals surface area contributed by atoms with Crippen molar-refractivity contribution in [2.24, 2.45) is 0 Å². The lowest BCUT2D eigenvalue weighted by atomic mass is 9.94. The van der Waals surface area contributed by atoms with E-state index in [0.29, 0.717) is 24.2 Å². The zero-order valence-corrected chi connectivity index (χ0v) is 17.3. The summed E-state index contributed by atoms with van der Waals surface area (Å²) in [7, 11) is 4.62. The van der Waals surface area contributed by atoms with Crippen molar-refractivity contribution < 1.29 is 18.4 Å². The molecule has 1 aromatic carbocycles. The lowest BCUT2D eigenvalue weighted by Crippen LogP contribution is -2.56. The molecule has 3 aliphatic rings. The summed E-state index contributed by atoms with van der Waals surface area (Å²) in [5.41, 5.74) is 0.575. The fraction of sp³-hybridized carbons (Fsp3) is 0.696. The van der Waals surface area contributed by atoms with Gasteiger partial charge in [0.2, 0.25) is 0 Å². The molecule has 4 rings (SSSR count). The minimum absolute atomic E-state index is 0.00265. The van der Waals surface area contributed by atoms with Gasteiger partial charge in [-0.25, -0.2) is 9.18 Å². The van der Waals surface area contributed by atoms with Gasteiger partial charge in [-0.05, 0) is 18.9 Å². The Morgan fingerprint density at radius 1 is 1.07 bits per heavy atom. The number of hydrogen-bond donors (Lipinski definition) is 0. The number of benzene rings is 1. The lowest BCUT2D eigenvalue weighted by molar-refractivity contribution is -0.931. The molecular weight excluding hydrogens is 355 g/mol. The summed E-state index contributed by atoms with van der Waals surface area (Å²) in [5.74, 6) is -0.245. The summed E-state index contributed by atoms with van der Waals surface area (Å²) in [6.07, 6.45) is 9.58. The van der Waals surface area contributed by atoms with Crippen LogP contribution in [0.4, 0.5) is 9.18 Å². The van der Waals surface area contributed by atoms with Crippen molar-refractivity contribution >= 4 is 6.09 Å². The average molecular weight is 390 g/mol. The van der Waals surface area contributed by atoms with Crippen LogP contribution in [0, 0.1) is 5.82 Å². The van der Waals surface area contributed by atoms with Gasteiger partial charge < -0.3 is 14.1 Å². The smallest absolute Gasteiger partial charge is 0.410 e. The molecule has 2 heterocycles. The van der Waals surface area contributed by atoms with Gasteiger partial charge in [0.15, 0.2) is 0 Å². The molecule has 28 heavy (non-hydrogen) atoms. The Labute approximate surface area is 168 Å². The number of fused-ring (bicyclic) bond motifs is 2. The maximum atomic E-state index is 14.3. The fourth-order valence-corrected chi connectivity index (χ4v) is 5.68. The van der Waals surface area contributed by atoms with Crippen molar-refractivity contribution in [1.29, 1.82) is 0 Å². The molecule has 1 amide bonds. The Morgan fingerprint density at radius 3 is 2.36 bits per heavy atom. The Bertz CT molecular complexity index is 686. The van der Waals surface area contributed by atoms with Gasteiger partial charge in [-0.2, -0.15) is 0 Å². The number of halogens is 1. The van der Waals surface area contributed by atoms with Gasteiger partial charge in [0.05, 0.1) is 32.7 Å². The van der Waals surface area contributed by atoms with Gasteiger partial charge in [-0.1, -0.05) is 37.5 Å². The SMILES string of the molecule is C[N+]1(C)[C@@H]2CC[C@H]1CC(OC(=O)N(Cc1ccccc1F)C1CCCCC1)C2. The van der Waals surface area contributed by atoms with E-state index in [9.17, 15) is 9.18 Å². The van der Waals surface area contributed by atoms with Crippen molar-refractivity contribution in [1.82, 2.24) is 4.90 Å². The van der Waals surface area contributed by atoms with Crippen molar-refractivity contribution in [3.05, 3.63) is 35.6 Å². The van der Waals surface area contributed by atoms with E-state index in [2.05, 4.69) is 14.1 Å². The van der Waals surface area contributed by atoms with Crippen molar-refractivity contribution in [2.45, 2.75) is 88.6 Å². The van der Waals surface area contributed by atoms with E-state index in [1.807, 2.05) is 11.0 Å². The Kier molecular flexibility index (Phi) is 5.64. The zero-order valence-electron chi connectivity index (χ0n) is 17.3. The number of carbonyl (C=O) groups is 1. The van der Waals surface area contributed by atoms with E-state index in [1.54, 1.807) is 12.1 Å². The van der Waals surface area contributed by atoms with Crippen LogP contribution in [0.15, 0.2) is 24.3 Å². The minimum Gasteiger partial charge on any atom is -0.446 e. The predicted octanol–water partition coefficient (Wildman–Crippen LogP) is 4.87. The number of ether oxygens (including phenoxy) is 1. The standard InChI is InChI=1S/C23H34FN2O2/c1-26(2)19-12-13-20(26)15-21(14-19)28-23(27)25(18-9-4-3-5-10-18)16-17-8-6-7-11-22(17)24/h6-8,11,18-21H,3-5,9-10,12-16H2,1-2H3/q+1/t19-,20+,21?. The fourth-order valence-electron chi connectivity index (χ4n) is 5.68. The molecule has 0 spiro atoms. The lowest BCUT2D eigenvalue weighted by Gasteiger charge is -2.44. The van der Waals surface area contributed by atoms with E-state index < -0.39 is 0 Å². The van der Waals surface area contributed by atoms with E-state index in [1.165, 1.54) is 25.3 Å². The molecule has 0 radical (unpaired) electrons. The quantitative estimate of drug-likeness (QED) is 0.688. The molecule has 0 aromatic heterocycles. The molecule has 1 aromatic rings. The first-order chi connectivity index (χ1) is 13.4. The highest BCUT2D eigenvalue weighted by atomic mass is 19.1. The molecule has 1 unspecified atom stereocenters. The molecule has 3 atom stereocenters. The van der Waals surface area contributed by atoms with Crippen molar-refractivity contribution in [3.63, 3.8) is 0 Å². The normalized spacial score (nSPS) is 29.5. The van der Waals surface area contributed by atoms with E-state index in [0.717, 1.165) is 43.0 Å². The molecular formula is C23H34FN2O2+. The maximum Gasteiger partial charge on any atom is 0.410 e. The first kappa shape index (κ1) is 19.7. The molecule has 154 valence electrons. The maximum absolute atomic E-state index is 14.3. The van der Waals surface area contributed by atoms with Crippen LogP contribution in [-0.4, -0.2) is 53.8 Å². The van der Waals surface area contributed by atoms with Crippen LogP contribution in [0.25, 0.3) is 0 Å². The molecule has 5 heteroatoms. The third-order valence-electron chi connectivity index (χ3n) is 7.60. The number of nitrogens with zero attached hydrogens (tertiary/aromatic N) is 2. The van der Waals surface area contributed by atoms with Crippen LogP contribution < -0.4 is 0 Å². The highest BCUT2D eigenvalue weighted by Crippen LogP contribution is 2.40. The Morgan fingerprint density at radius 2 is 1.71 bits per heavy atom.